The summed E-state index contributed by atoms with van der Waals surface area (Å²) in [7, 11) is 0. The van der Waals surface area contributed by atoms with E-state index in [0.717, 1.165) is 12.8 Å². The van der Waals surface area contributed by atoms with Gasteiger partial charge < -0.3 is 49.2 Å². The molecule has 5 N–H and O–H groups in total. The highest BCUT2D eigenvalue weighted by Gasteiger charge is 2.67. The lowest BCUT2D eigenvalue weighted by molar-refractivity contribution is -0.315. The van der Waals surface area contributed by atoms with Crippen LogP contribution in [0.1, 0.15) is 120 Å². The van der Waals surface area contributed by atoms with Gasteiger partial charge in [-0.25, -0.2) is 0 Å². The first-order chi connectivity index (χ1) is 25.5. The Hall–Kier alpha value is -2.20. The van der Waals surface area contributed by atoms with E-state index in [1.807, 2.05) is 0 Å². The van der Waals surface area contributed by atoms with Crippen molar-refractivity contribution in [2.45, 2.75) is 180 Å². The van der Waals surface area contributed by atoms with Gasteiger partial charge in [0, 0.05) is 44.9 Å². The van der Waals surface area contributed by atoms with Crippen LogP contribution in [-0.4, -0.2) is 116 Å². The summed E-state index contributed by atoms with van der Waals surface area (Å²) in [5.74, 6) is -2.26. The van der Waals surface area contributed by atoms with Crippen molar-refractivity contribution in [3.05, 3.63) is 0 Å². The molecule has 0 bridgehead atoms. The number of ether oxygens (including phenoxy) is 5. The third kappa shape index (κ3) is 8.52. The highest BCUT2D eigenvalue weighted by molar-refractivity contribution is 5.83. The number of ketones is 1. The number of carbonyl (C=O) groups excluding carboxylic acids is 4. The summed E-state index contributed by atoms with van der Waals surface area (Å²) in [6, 6.07) is 0. The van der Waals surface area contributed by atoms with Gasteiger partial charge in [-0.05, 0) is 108 Å². The molecule has 314 valence electrons. The fourth-order valence-electron chi connectivity index (χ4n) is 12.5. The van der Waals surface area contributed by atoms with Crippen LogP contribution in [0.2, 0.25) is 0 Å². The van der Waals surface area contributed by atoms with Crippen LogP contribution in [0.5, 0.6) is 0 Å². The van der Waals surface area contributed by atoms with Crippen LogP contribution in [0.15, 0.2) is 0 Å². The molecule has 1 heterocycles. The maximum Gasteiger partial charge on any atom is 0.303 e. The van der Waals surface area contributed by atoms with Crippen molar-refractivity contribution >= 4 is 23.7 Å². The molecule has 17 atom stereocenters. The van der Waals surface area contributed by atoms with Gasteiger partial charge in [0.05, 0.1) is 18.3 Å². The van der Waals surface area contributed by atoms with Gasteiger partial charge in [0.15, 0.2) is 6.29 Å². The number of aliphatic hydroxyl groups is 5. The first-order valence-corrected chi connectivity index (χ1v) is 20.2. The van der Waals surface area contributed by atoms with E-state index in [0.29, 0.717) is 38.5 Å². The molecular weight excluding hydrogens is 716 g/mol. The summed E-state index contributed by atoms with van der Waals surface area (Å²) in [5.41, 5.74) is -3.17. The minimum Gasteiger partial charge on any atom is -0.462 e. The monoisotopic (exact) mass is 782 g/mol. The molecule has 1 aliphatic heterocycles. The smallest absolute Gasteiger partial charge is 0.303 e. The predicted molar refractivity (Wildman–Crippen MR) is 196 cm³/mol. The second-order valence-electron chi connectivity index (χ2n) is 18.8. The van der Waals surface area contributed by atoms with Crippen LogP contribution in [0.3, 0.4) is 0 Å². The highest BCUT2D eigenvalue weighted by Crippen LogP contribution is 2.69. The van der Waals surface area contributed by atoms with Gasteiger partial charge in [-0.1, -0.05) is 13.8 Å². The van der Waals surface area contributed by atoms with E-state index in [2.05, 4.69) is 13.8 Å². The van der Waals surface area contributed by atoms with Crippen LogP contribution in [-0.2, 0) is 42.9 Å². The molecule has 0 aromatic carbocycles. The molecule has 5 rings (SSSR count). The number of aliphatic hydroxyl groups excluding tert-OH is 4. The Morgan fingerprint density at radius 2 is 1.56 bits per heavy atom. The SMILES string of the molecule is CC(=O)OC(C)C(CCC(C)(O)C1C(OC(C)=O)CC2C3CC(=O)C4CC(OC5OC(CO)C(O)C(O)C5O)CCC4(C)C3CCC21C)C(C)(C)OC(C)=O. The lowest BCUT2D eigenvalue weighted by Crippen LogP contribution is -2.61. The van der Waals surface area contributed by atoms with Gasteiger partial charge in [-0.3, -0.25) is 19.2 Å². The predicted octanol–water partition coefficient (Wildman–Crippen LogP) is 2.99. The van der Waals surface area contributed by atoms with Crippen molar-refractivity contribution in [3.63, 3.8) is 0 Å². The maximum atomic E-state index is 14.3. The van der Waals surface area contributed by atoms with Gasteiger partial charge in [0.25, 0.3) is 0 Å². The van der Waals surface area contributed by atoms with Crippen molar-refractivity contribution in [3.8, 4) is 0 Å². The average Bonchev–Trinajstić information content (AvgIpc) is 3.36. The number of Topliss-reactive ketones (excluding diaryl/α,β-unsaturated/α-hetero) is 1. The Kier molecular flexibility index (Phi) is 12.9. The molecule has 5 fully saturated rings. The molecule has 4 saturated carbocycles. The lowest BCUT2D eigenvalue weighted by atomic mass is 9.44. The highest BCUT2D eigenvalue weighted by atomic mass is 16.7. The normalized spacial score (nSPS) is 42.5. The van der Waals surface area contributed by atoms with Crippen LogP contribution in [0, 0.1) is 46.3 Å². The number of fused-ring (bicyclic) bond motifs is 5. The largest absolute Gasteiger partial charge is 0.462 e. The van der Waals surface area contributed by atoms with E-state index in [9.17, 15) is 44.7 Å². The molecule has 0 aromatic heterocycles. The summed E-state index contributed by atoms with van der Waals surface area (Å²) in [6.07, 6.45) is -3.83. The average molecular weight is 783 g/mol. The molecule has 4 aliphatic carbocycles. The zero-order valence-electron chi connectivity index (χ0n) is 34.1. The Balaban J connectivity index is 1.36. The van der Waals surface area contributed by atoms with Crippen LogP contribution >= 0.6 is 0 Å². The zero-order valence-corrected chi connectivity index (χ0v) is 34.1. The van der Waals surface area contributed by atoms with E-state index in [-0.39, 0.29) is 41.3 Å². The van der Waals surface area contributed by atoms with Crippen LogP contribution in [0.4, 0.5) is 0 Å². The van der Waals surface area contributed by atoms with E-state index >= 15 is 0 Å². The van der Waals surface area contributed by atoms with Crippen molar-refractivity contribution in [1.82, 2.24) is 0 Å². The van der Waals surface area contributed by atoms with Gasteiger partial charge in [0.1, 0.15) is 48.0 Å². The Morgan fingerprint density at radius 1 is 0.909 bits per heavy atom. The minimum atomic E-state index is -1.55. The lowest BCUT2D eigenvalue weighted by Gasteiger charge is -2.61. The Labute approximate surface area is 324 Å². The molecule has 0 spiro atoms. The quantitative estimate of drug-likeness (QED) is 0.109. The molecule has 0 radical (unpaired) electrons. The van der Waals surface area contributed by atoms with Gasteiger partial charge in [-0.2, -0.15) is 0 Å². The van der Waals surface area contributed by atoms with Gasteiger partial charge >= 0.3 is 17.9 Å². The fraction of sp³-hybridized carbons (Fsp3) is 0.902. The molecule has 17 unspecified atom stereocenters. The third-order valence-electron chi connectivity index (χ3n) is 14.8. The van der Waals surface area contributed by atoms with E-state index in [1.54, 1.807) is 27.7 Å². The summed E-state index contributed by atoms with van der Waals surface area (Å²) in [6.45, 7) is 14.9. The summed E-state index contributed by atoms with van der Waals surface area (Å²) >= 11 is 0. The number of hydrogen-bond donors (Lipinski definition) is 5. The first kappa shape index (κ1) is 43.9. The summed E-state index contributed by atoms with van der Waals surface area (Å²) < 4.78 is 29.1. The molecule has 14 heteroatoms. The standard InChI is InChI=1S/C41H66O14/c1-20(51-21(2)43)26(38(5,6)55-23(4)45)12-15-41(9,50)36-31(52-22(3)44)18-28-25-17-30(46)29-16-24(10-13-39(29,7)27(25)11-14-40(28,36)8)53-37-35(49)34(48)33(47)32(19-42)54-37/h20,24-29,31-37,42,47-50H,10-19H2,1-9H3. The number of hydrogen-bond acceptors (Lipinski definition) is 14. The van der Waals surface area contributed by atoms with Crippen molar-refractivity contribution < 1.29 is 68.4 Å². The van der Waals surface area contributed by atoms with Crippen molar-refractivity contribution in [2.24, 2.45) is 46.3 Å². The molecule has 1 saturated heterocycles. The Bertz CT molecular complexity index is 1430. The first-order valence-electron chi connectivity index (χ1n) is 20.2. The van der Waals surface area contributed by atoms with Crippen LogP contribution in [0.25, 0.3) is 0 Å². The maximum absolute atomic E-state index is 14.3. The van der Waals surface area contributed by atoms with E-state index in [4.69, 9.17) is 23.7 Å². The number of esters is 3. The summed E-state index contributed by atoms with van der Waals surface area (Å²) in [4.78, 5) is 50.9. The van der Waals surface area contributed by atoms with Gasteiger partial charge in [0.2, 0.25) is 0 Å². The van der Waals surface area contributed by atoms with E-state index < -0.39 is 102 Å². The van der Waals surface area contributed by atoms with Crippen molar-refractivity contribution in [2.75, 3.05) is 6.61 Å². The van der Waals surface area contributed by atoms with Gasteiger partial charge in [-0.15, -0.1) is 0 Å². The minimum absolute atomic E-state index is 0.00825. The second kappa shape index (κ2) is 16.2. The molecule has 55 heavy (non-hydrogen) atoms. The Morgan fingerprint density at radius 3 is 2.16 bits per heavy atom. The second-order valence-corrected chi connectivity index (χ2v) is 18.8. The molecule has 0 amide bonds. The van der Waals surface area contributed by atoms with Crippen molar-refractivity contribution in [1.29, 1.82) is 0 Å². The molecule has 14 nitrogen and oxygen atoms in total. The third-order valence-corrected chi connectivity index (χ3v) is 14.8. The molecular formula is C41H66O14. The topological polar surface area (TPSA) is 216 Å². The molecule has 5 aliphatic rings. The zero-order chi connectivity index (χ0) is 41.0. The summed E-state index contributed by atoms with van der Waals surface area (Å²) in [5, 5.41) is 53.3. The number of rotatable bonds is 12. The molecule has 0 aromatic rings. The fourth-order valence-corrected chi connectivity index (χ4v) is 12.5. The number of carbonyl (C=O) groups is 4. The van der Waals surface area contributed by atoms with Crippen LogP contribution < -0.4 is 0 Å². The van der Waals surface area contributed by atoms with E-state index in [1.165, 1.54) is 20.8 Å².